The predicted molar refractivity (Wildman–Crippen MR) is 140 cm³/mol. The van der Waals surface area contributed by atoms with E-state index in [2.05, 4.69) is 20.1 Å². The van der Waals surface area contributed by atoms with Gasteiger partial charge in [0.05, 0.1) is 11.4 Å². The average molecular weight is 549 g/mol. The van der Waals surface area contributed by atoms with Crippen LogP contribution in [0.5, 0.6) is 0 Å². The quantitative estimate of drug-likeness (QED) is 0.306. The molecule has 1 fully saturated rings. The van der Waals surface area contributed by atoms with Gasteiger partial charge in [0.25, 0.3) is 20.2 Å². The molecule has 12 nitrogen and oxygen atoms in total. The second-order valence-electron chi connectivity index (χ2n) is 8.59. The number of benzene rings is 2. The Morgan fingerprint density at radius 3 is 2.16 bits per heavy atom. The van der Waals surface area contributed by atoms with Gasteiger partial charge in [0, 0.05) is 37.0 Å². The molecule has 198 valence electrons. The lowest BCUT2D eigenvalue weighted by Crippen LogP contribution is -2.26. The van der Waals surface area contributed by atoms with Gasteiger partial charge in [0.1, 0.15) is 15.5 Å². The van der Waals surface area contributed by atoms with Crippen molar-refractivity contribution in [3.8, 4) is 0 Å². The van der Waals surface area contributed by atoms with Crippen molar-refractivity contribution in [2.24, 2.45) is 10.2 Å². The molecule has 4 rings (SSSR count). The van der Waals surface area contributed by atoms with Gasteiger partial charge in [-0.1, -0.05) is 12.1 Å². The Morgan fingerprint density at radius 2 is 1.57 bits per heavy atom. The lowest BCUT2D eigenvalue weighted by atomic mass is 10.1. The van der Waals surface area contributed by atoms with E-state index in [9.17, 15) is 25.9 Å². The number of rotatable bonds is 8. The van der Waals surface area contributed by atoms with Gasteiger partial charge in [0.15, 0.2) is 5.82 Å². The van der Waals surface area contributed by atoms with Crippen LogP contribution in [0.15, 0.2) is 50.4 Å². The van der Waals surface area contributed by atoms with Crippen LogP contribution in [0.1, 0.15) is 32.4 Å². The van der Waals surface area contributed by atoms with E-state index in [0.29, 0.717) is 23.1 Å². The van der Waals surface area contributed by atoms with Crippen molar-refractivity contribution >= 4 is 54.1 Å². The van der Waals surface area contributed by atoms with Crippen LogP contribution >= 0.6 is 0 Å². The van der Waals surface area contributed by atoms with Gasteiger partial charge in [-0.3, -0.25) is 9.11 Å². The van der Waals surface area contributed by atoms with Crippen LogP contribution in [0.2, 0.25) is 0 Å². The van der Waals surface area contributed by atoms with Crippen molar-refractivity contribution in [3.05, 3.63) is 36.0 Å². The molecule has 0 aliphatic carbocycles. The van der Waals surface area contributed by atoms with E-state index in [1.54, 1.807) is 6.92 Å². The summed E-state index contributed by atoms with van der Waals surface area (Å²) < 4.78 is 67.6. The molecule has 1 aliphatic heterocycles. The molecule has 37 heavy (non-hydrogen) atoms. The molecule has 2 heterocycles. The summed E-state index contributed by atoms with van der Waals surface area (Å²) in [4.78, 5) is 12.4. The largest absolute Gasteiger partial charge is 0.355 e. The van der Waals surface area contributed by atoms with E-state index in [4.69, 9.17) is 4.98 Å². The lowest BCUT2D eigenvalue weighted by molar-refractivity contribution is 0.481. The second kappa shape index (κ2) is 10.3. The minimum Gasteiger partial charge on any atom is -0.355 e. The molecule has 0 amide bonds. The molecule has 0 saturated carbocycles. The summed E-state index contributed by atoms with van der Waals surface area (Å²) in [5.74, 6) is 1.17. The molecule has 0 atom stereocenters. The fourth-order valence-electron chi connectivity index (χ4n) is 4.36. The number of hydrogen-bond donors (Lipinski definition) is 2. The van der Waals surface area contributed by atoms with Crippen molar-refractivity contribution in [3.63, 3.8) is 0 Å². The summed E-state index contributed by atoms with van der Waals surface area (Å²) in [6.07, 6.45) is 2.00. The van der Waals surface area contributed by atoms with Gasteiger partial charge in [0.2, 0.25) is 5.95 Å². The van der Waals surface area contributed by atoms with Crippen LogP contribution < -0.4 is 9.80 Å². The average Bonchev–Trinajstić information content (AvgIpc) is 3.36. The van der Waals surface area contributed by atoms with Crippen LogP contribution in [0, 0.1) is 6.92 Å². The molecule has 0 spiro atoms. The molecule has 1 aliphatic rings. The number of anilines is 2. The van der Waals surface area contributed by atoms with Crippen LogP contribution in [0.25, 0.3) is 10.8 Å². The zero-order valence-corrected chi connectivity index (χ0v) is 22.3. The number of nitrogens with zero attached hydrogens (tertiary/aromatic N) is 6. The maximum absolute atomic E-state index is 12.1. The third kappa shape index (κ3) is 5.56. The normalized spacial score (nSPS) is 14.7. The fraction of sp³-hybridized carbons (Fsp3) is 0.391. The predicted octanol–water partition coefficient (Wildman–Crippen LogP) is 4.29. The topological polar surface area (TPSA) is 166 Å². The lowest BCUT2D eigenvalue weighted by Gasteiger charge is -2.24. The monoisotopic (exact) mass is 548 g/mol. The van der Waals surface area contributed by atoms with Crippen molar-refractivity contribution in [2.75, 3.05) is 36.0 Å². The standard InChI is InChI=1S/C23H28N6O6S2/c1-4-28(5-2)23-24-15(3)21(22(25-23)29-11-6-7-12-29)27-26-16-13-18-17(20(14-16)37(33,34)35)9-8-10-19(18)36(30,31)32/h8-10,13-14H,4-7,11-12H2,1-3H3,(H,30,31,32)(H,33,34,35). The Kier molecular flexibility index (Phi) is 7.46. The highest BCUT2D eigenvalue weighted by atomic mass is 32.2. The summed E-state index contributed by atoms with van der Waals surface area (Å²) >= 11 is 0. The van der Waals surface area contributed by atoms with Crippen molar-refractivity contribution < 1.29 is 25.9 Å². The zero-order chi connectivity index (χ0) is 27.0. The highest BCUT2D eigenvalue weighted by molar-refractivity contribution is 7.86. The molecule has 0 bridgehead atoms. The van der Waals surface area contributed by atoms with Crippen LogP contribution in [-0.4, -0.2) is 62.1 Å². The first-order chi connectivity index (χ1) is 17.4. The van der Waals surface area contributed by atoms with Gasteiger partial charge in [-0.25, -0.2) is 4.98 Å². The van der Waals surface area contributed by atoms with Gasteiger partial charge in [-0.05, 0) is 51.8 Å². The zero-order valence-electron chi connectivity index (χ0n) is 20.7. The molecule has 0 unspecified atom stereocenters. The summed E-state index contributed by atoms with van der Waals surface area (Å²) in [5.41, 5.74) is 0.919. The number of aryl methyl sites for hydroxylation is 1. The Morgan fingerprint density at radius 1 is 0.919 bits per heavy atom. The minimum atomic E-state index is -4.76. The number of aromatic nitrogens is 2. The van der Waals surface area contributed by atoms with Crippen molar-refractivity contribution in [2.45, 2.75) is 43.4 Å². The summed E-state index contributed by atoms with van der Waals surface area (Å²) in [5, 5.41) is 8.32. The summed E-state index contributed by atoms with van der Waals surface area (Å²) in [6, 6.07) is 6.09. The molecule has 0 radical (unpaired) electrons. The first-order valence-electron chi connectivity index (χ1n) is 11.8. The molecule has 14 heteroatoms. The smallest absolute Gasteiger partial charge is 0.295 e. The van der Waals surface area contributed by atoms with Gasteiger partial charge in [-0.15, -0.1) is 5.11 Å². The Labute approximate surface area is 215 Å². The van der Waals surface area contributed by atoms with Gasteiger partial charge >= 0.3 is 0 Å². The van der Waals surface area contributed by atoms with Crippen LogP contribution in [0.4, 0.5) is 23.1 Å². The maximum atomic E-state index is 12.1. The molecular weight excluding hydrogens is 520 g/mol. The first kappa shape index (κ1) is 26.9. The molecule has 1 aromatic heterocycles. The van der Waals surface area contributed by atoms with Crippen LogP contribution in [-0.2, 0) is 20.2 Å². The third-order valence-electron chi connectivity index (χ3n) is 6.20. The van der Waals surface area contributed by atoms with E-state index in [0.717, 1.165) is 51.2 Å². The Bertz CT molecular complexity index is 1580. The van der Waals surface area contributed by atoms with Crippen molar-refractivity contribution in [1.29, 1.82) is 0 Å². The number of azo groups is 1. The van der Waals surface area contributed by atoms with E-state index in [-0.39, 0.29) is 16.5 Å². The van der Waals surface area contributed by atoms with E-state index in [1.165, 1.54) is 18.2 Å². The minimum absolute atomic E-state index is 0.0455. The molecular formula is C23H28N6O6S2. The highest BCUT2D eigenvalue weighted by Gasteiger charge is 2.24. The van der Waals surface area contributed by atoms with Gasteiger partial charge < -0.3 is 9.80 Å². The van der Waals surface area contributed by atoms with E-state index in [1.807, 2.05) is 18.7 Å². The first-order valence-corrected chi connectivity index (χ1v) is 14.6. The Balaban J connectivity index is 1.91. The highest BCUT2D eigenvalue weighted by Crippen LogP contribution is 2.37. The van der Waals surface area contributed by atoms with E-state index < -0.39 is 30.0 Å². The summed E-state index contributed by atoms with van der Waals surface area (Å²) in [6.45, 7) is 8.83. The van der Waals surface area contributed by atoms with Crippen molar-refractivity contribution in [1.82, 2.24) is 9.97 Å². The number of hydrogen-bond acceptors (Lipinski definition) is 10. The second-order valence-corrected chi connectivity index (χ2v) is 11.4. The third-order valence-corrected chi connectivity index (χ3v) is 8.01. The molecule has 3 aromatic rings. The van der Waals surface area contributed by atoms with Gasteiger partial charge in [-0.2, -0.15) is 26.9 Å². The number of fused-ring (bicyclic) bond motifs is 1. The fourth-order valence-corrected chi connectivity index (χ4v) is 5.79. The molecule has 2 N–H and O–H groups in total. The SMILES string of the molecule is CCN(CC)c1nc(C)c(N=Nc2cc(S(=O)(=O)O)c3cccc(S(=O)(=O)O)c3c2)c(N2CCCC2)n1. The van der Waals surface area contributed by atoms with Crippen LogP contribution in [0.3, 0.4) is 0 Å². The summed E-state index contributed by atoms with van der Waals surface area (Å²) in [7, 11) is -9.46. The molecule has 2 aromatic carbocycles. The van der Waals surface area contributed by atoms with E-state index >= 15 is 0 Å². The maximum Gasteiger partial charge on any atom is 0.295 e. The Hall–Kier alpha value is -3.20. The molecule has 1 saturated heterocycles.